The van der Waals surface area contributed by atoms with Crippen LogP contribution in [-0.4, -0.2) is 35.8 Å². The Morgan fingerprint density at radius 2 is 1.79 bits per heavy atom. The molecule has 1 unspecified atom stereocenters. The molecular formula is C15H26N2O2. The number of carbonyl (C=O) groups excluding carboxylic acids is 2. The van der Waals surface area contributed by atoms with E-state index in [2.05, 4.69) is 19.2 Å². The summed E-state index contributed by atoms with van der Waals surface area (Å²) in [6.45, 7) is 7.59. The average Bonchev–Trinajstić information content (AvgIpc) is 2.68. The highest BCUT2D eigenvalue weighted by Gasteiger charge is 2.33. The van der Waals surface area contributed by atoms with Crippen LogP contribution in [0.2, 0.25) is 0 Å². The van der Waals surface area contributed by atoms with Gasteiger partial charge in [-0.05, 0) is 37.5 Å². The molecule has 0 bridgehead atoms. The number of nitrogens with one attached hydrogen (secondary N) is 1. The molecule has 2 fully saturated rings. The lowest BCUT2D eigenvalue weighted by molar-refractivity contribution is -0.134. The van der Waals surface area contributed by atoms with Gasteiger partial charge in [0.15, 0.2) is 0 Å². The molecule has 108 valence electrons. The molecule has 2 amide bonds. The Balaban J connectivity index is 1.77. The van der Waals surface area contributed by atoms with Gasteiger partial charge in [-0.15, -0.1) is 0 Å². The van der Waals surface area contributed by atoms with Crippen molar-refractivity contribution in [3.8, 4) is 0 Å². The summed E-state index contributed by atoms with van der Waals surface area (Å²) >= 11 is 0. The minimum Gasteiger partial charge on any atom is -0.353 e. The molecule has 0 aromatic rings. The fourth-order valence-electron chi connectivity index (χ4n) is 3.33. The SMILES string of the molecule is CC(=O)N1CCC(C(=O)NC2CCC(C)(C)C2)CC1. The molecule has 1 aliphatic heterocycles. The van der Waals surface area contributed by atoms with Gasteiger partial charge in [-0.2, -0.15) is 0 Å². The first-order valence-electron chi connectivity index (χ1n) is 7.43. The van der Waals surface area contributed by atoms with Crippen molar-refractivity contribution in [2.24, 2.45) is 11.3 Å². The number of hydrogen-bond acceptors (Lipinski definition) is 2. The molecule has 1 atom stereocenters. The molecule has 1 N–H and O–H groups in total. The molecule has 1 saturated heterocycles. The number of piperidine rings is 1. The van der Waals surface area contributed by atoms with Crippen molar-refractivity contribution in [3.63, 3.8) is 0 Å². The highest BCUT2D eigenvalue weighted by molar-refractivity contribution is 5.79. The summed E-state index contributed by atoms with van der Waals surface area (Å²) in [5.41, 5.74) is 0.371. The van der Waals surface area contributed by atoms with Gasteiger partial charge >= 0.3 is 0 Å². The third-order valence-corrected chi connectivity index (χ3v) is 4.63. The molecule has 0 spiro atoms. The Labute approximate surface area is 115 Å². The molecule has 0 aromatic carbocycles. The number of nitrogens with zero attached hydrogens (tertiary/aromatic N) is 1. The summed E-state index contributed by atoms with van der Waals surface area (Å²) < 4.78 is 0. The molecule has 2 aliphatic rings. The van der Waals surface area contributed by atoms with E-state index in [9.17, 15) is 9.59 Å². The molecule has 1 heterocycles. The lowest BCUT2D eigenvalue weighted by Gasteiger charge is -2.31. The topological polar surface area (TPSA) is 49.4 Å². The fourth-order valence-corrected chi connectivity index (χ4v) is 3.33. The summed E-state index contributed by atoms with van der Waals surface area (Å²) in [6.07, 6.45) is 5.00. The molecule has 0 radical (unpaired) electrons. The van der Waals surface area contributed by atoms with E-state index in [1.807, 2.05) is 4.90 Å². The van der Waals surface area contributed by atoms with E-state index in [0.29, 0.717) is 11.5 Å². The molecule has 4 nitrogen and oxygen atoms in total. The van der Waals surface area contributed by atoms with Crippen LogP contribution in [-0.2, 0) is 9.59 Å². The van der Waals surface area contributed by atoms with Gasteiger partial charge in [0, 0.05) is 32.0 Å². The van der Waals surface area contributed by atoms with Crippen LogP contribution in [0, 0.1) is 11.3 Å². The van der Waals surface area contributed by atoms with E-state index < -0.39 is 0 Å². The summed E-state index contributed by atoms with van der Waals surface area (Å²) in [4.78, 5) is 25.3. The first-order valence-corrected chi connectivity index (χ1v) is 7.43. The molecule has 1 aliphatic carbocycles. The van der Waals surface area contributed by atoms with Crippen LogP contribution >= 0.6 is 0 Å². The van der Waals surface area contributed by atoms with Crippen LogP contribution in [0.15, 0.2) is 0 Å². The molecule has 0 aromatic heterocycles. The van der Waals surface area contributed by atoms with E-state index in [1.54, 1.807) is 6.92 Å². The summed E-state index contributed by atoms with van der Waals surface area (Å²) in [5, 5.41) is 3.21. The minimum absolute atomic E-state index is 0.0966. The van der Waals surface area contributed by atoms with Gasteiger partial charge in [0.2, 0.25) is 11.8 Å². The van der Waals surface area contributed by atoms with E-state index in [1.165, 1.54) is 6.42 Å². The lowest BCUT2D eigenvalue weighted by atomic mass is 9.91. The van der Waals surface area contributed by atoms with Crippen LogP contribution in [0.1, 0.15) is 52.9 Å². The van der Waals surface area contributed by atoms with Crippen molar-refractivity contribution in [2.45, 2.75) is 58.9 Å². The van der Waals surface area contributed by atoms with Crippen molar-refractivity contribution in [3.05, 3.63) is 0 Å². The Morgan fingerprint density at radius 3 is 2.26 bits per heavy atom. The fraction of sp³-hybridized carbons (Fsp3) is 0.867. The maximum atomic E-state index is 12.2. The molecular weight excluding hydrogens is 240 g/mol. The van der Waals surface area contributed by atoms with Crippen molar-refractivity contribution < 1.29 is 9.59 Å². The second-order valence-corrected chi connectivity index (χ2v) is 6.89. The molecule has 19 heavy (non-hydrogen) atoms. The predicted molar refractivity (Wildman–Crippen MR) is 74.5 cm³/mol. The summed E-state index contributed by atoms with van der Waals surface area (Å²) in [5.74, 6) is 0.418. The van der Waals surface area contributed by atoms with E-state index in [4.69, 9.17) is 0 Å². The van der Waals surface area contributed by atoms with Crippen LogP contribution in [0.25, 0.3) is 0 Å². The Hall–Kier alpha value is -1.06. The zero-order valence-electron chi connectivity index (χ0n) is 12.4. The number of amides is 2. The smallest absolute Gasteiger partial charge is 0.223 e. The Morgan fingerprint density at radius 1 is 1.16 bits per heavy atom. The highest BCUT2D eigenvalue weighted by atomic mass is 16.2. The van der Waals surface area contributed by atoms with Crippen molar-refractivity contribution >= 4 is 11.8 Å². The summed E-state index contributed by atoms with van der Waals surface area (Å²) in [6, 6.07) is 0.355. The van der Waals surface area contributed by atoms with E-state index in [-0.39, 0.29) is 17.7 Å². The predicted octanol–water partition coefficient (Wildman–Crippen LogP) is 1.94. The molecule has 4 heteroatoms. The van der Waals surface area contributed by atoms with Crippen molar-refractivity contribution in [1.82, 2.24) is 10.2 Å². The third kappa shape index (κ3) is 3.71. The lowest BCUT2D eigenvalue weighted by Crippen LogP contribution is -2.44. The second kappa shape index (κ2) is 5.51. The number of carbonyl (C=O) groups is 2. The van der Waals surface area contributed by atoms with Gasteiger partial charge in [0.05, 0.1) is 0 Å². The Bertz CT molecular complexity index is 357. The maximum Gasteiger partial charge on any atom is 0.223 e. The van der Waals surface area contributed by atoms with Crippen molar-refractivity contribution in [2.75, 3.05) is 13.1 Å². The summed E-state index contributed by atoms with van der Waals surface area (Å²) in [7, 11) is 0. The number of hydrogen-bond donors (Lipinski definition) is 1. The van der Waals surface area contributed by atoms with Crippen LogP contribution in [0.3, 0.4) is 0 Å². The quantitative estimate of drug-likeness (QED) is 0.830. The van der Waals surface area contributed by atoms with Crippen LogP contribution < -0.4 is 5.32 Å². The number of rotatable bonds is 2. The van der Waals surface area contributed by atoms with E-state index >= 15 is 0 Å². The van der Waals surface area contributed by atoms with Gasteiger partial charge in [-0.1, -0.05) is 13.8 Å². The first kappa shape index (κ1) is 14.4. The van der Waals surface area contributed by atoms with Gasteiger partial charge in [-0.25, -0.2) is 0 Å². The second-order valence-electron chi connectivity index (χ2n) is 6.89. The zero-order chi connectivity index (χ0) is 14.0. The highest BCUT2D eigenvalue weighted by Crippen LogP contribution is 2.37. The average molecular weight is 266 g/mol. The van der Waals surface area contributed by atoms with Crippen LogP contribution in [0.4, 0.5) is 0 Å². The van der Waals surface area contributed by atoms with Gasteiger partial charge in [-0.3, -0.25) is 9.59 Å². The van der Waals surface area contributed by atoms with Gasteiger partial charge < -0.3 is 10.2 Å². The largest absolute Gasteiger partial charge is 0.353 e. The molecule has 2 rings (SSSR count). The maximum absolute atomic E-state index is 12.2. The third-order valence-electron chi connectivity index (χ3n) is 4.63. The standard InChI is InChI=1S/C15H26N2O2/c1-11(18)17-8-5-12(6-9-17)14(19)16-13-4-7-15(2,3)10-13/h12-13H,4-10H2,1-3H3,(H,16,19). The molecule has 1 saturated carbocycles. The first-order chi connectivity index (χ1) is 8.87. The minimum atomic E-state index is 0.0966. The van der Waals surface area contributed by atoms with Gasteiger partial charge in [0.25, 0.3) is 0 Å². The monoisotopic (exact) mass is 266 g/mol. The van der Waals surface area contributed by atoms with Gasteiger partial charge in [0.1, 0.15) is 0 Å². The van der Waals surface area contributed by atoms with Crippen molar-refractivity contribution in [1.29, 1.82) is 0 Å². The van der Waals surface area contributed by atoms with E-state index in [0.717, 1.165) is 38.8 Å². The zero-order valence-corrected chi connectivity index (χ0v) is 12.4. The van der Waals surface area contributed by atoms with Crippen LogP contribution in [0.5, 0.6) is 0 Å². The normalized spacial score (nSPS) is 27.3. The number of likely N-dealkylation sites (tertiary alicyclic amines) is 1. The Kier molecular flexibility index (Phi) is 4.16.